The number of fused-ring (bicyclic) bond motifs is 3. The van der Waals surface area contributed by atoms with E-state index in [1.807, 2.05) is 0 Å². The van der Waals surface area contributed by atoms with Crippen molar-refractivity contribution >= 4 is 12.3 Å². The molecular weight excluding hydrogens is 304 g/mol. The van der Waals surface area contributed by atoms with Crippen molar-refractivity contribution in [2.45, 2.75) is 58.5 Å². The number of carbonyl (C=O) groups excluding carboxylic acids is 1. The number of carbonyl (C=O) groups is 2. The molecule has 4 rings (SSSR count). The molecule has 1 spiro atoms. The van der Waals surface area contributed by atoms with E-state index in [0.29, 0.717) is 18.3 Å². The summed E-state index contributed by atoms with van der Waals surface area (Å²) in [4.78, 5) is 24.5. The minimum absolute atomic E-state index is 0.123. The van der Waals surface area contributed by atoms with E-state index in [1.54, 1.807) is 6.92 Å². The van der Waals surface area contributed by atoms with Gasteiger partial charge in [0, 0.05) is 5.92 Å². The van der Waals surface area contributed by atoms with Crippen molar-refractivity contribution in [3.63, 3.8) is 0 Å². The fourth-order valence-electron chi connectivity index (χ4n) is 7.73. The van der Waals surface area contributed by atoms with Crippen LogP contribution in [0.15, 0.2) is 12.2 Å². The lowest BCUT2D eigenvalue weighted by Gasteiger charge is -2.52. The van der Waals surface area contributed by atoms with Crippen LogP contribution < -0.4 is 0 Å². The molecule has 4 aliphatic rings. The first-order chi connectivity index (χ1) is 11.2. The maximum Gasteiger partial charge on any atom is 0.312 e. The first kappa shape index (κ1) is 16.3. The van der Waals surface area contributed by atoms with E-state index in [2.05, 4.69) is 13.5 Å². The second kappa shape index (κ2) is 4.72. The number of aliphatic hydroxyl groups excluding tert-OH is 1. The smallest absolute Gasteiger partial charge is 0.312 e. The molecule has 0 aromatic carbocycles. The highest BCUT2D eigenvalue weighted by Crippen LogP contribution is 2.77. The van der Waals surface area contributed by atoms with Gasteiger partial charge in [-0.15, -0.1) is 0 Å². The van der Waals surface area contributed by atoms with Crippen LogP contribution in [0.4, 0.5) is 0 Å². The zero-order valence-corrected chi connectivity index (χ0v) is 14.6. The van der Waals surface area contributed by atoms with E-state index in [9.17, 15) is 19.8 Å². The highest BCUT2D eigenvalue weighted by Gasteiger charge is 2.74. The van der Waals surface area contributed by atoms with Gasteiger partial charge in [-0.3, -0.25) is 4.79 Å². The van der Waals surface area contributed by atoms with Crippen LogP contribution in [-0.2, 0) is 9.59 Å². The van der Waals surface area contributed by atoms with Gasteiger partial charge in [0.15, 0.2) is 0 Å². The Kier molecular flexibility index (Phi) is 3.21. The SMILES string of the molecule is C=C1C[C@]23C[C@H]1CC[C@H]2[C@]1(C)CC[C@H](O)[C@@](C)(C(=O)O)[C@H]1[C@@H]3C=O. The third-order valence-corrected chi connectivity index (χ3v) is 8.69. The number of aldehydes is 1. The summed E-state index contributed by atoms with van der Waals surface area (Å²) >= 11 is 0. The van der Waals surface area contributed by atoms with Crippen LogP contribution in [0, 0.1) is 39.9 Å². The molecule has 0 heterocycles. The Bertz CT molecular complexity index is 627. The summed E-state index contributed by atoms with van der Waals surface area (Å²) in [5.41, 5.74) is -0.302. The summed E-state index contributed by atoms with van der Waals surface area (Å²) < 4.78 is 0. The van der Waals surface area contributed by atoms with E-state index in [1.165, 1.54) is 5.57 Å². The molecule has 0 aromatic heterocycles. The van der Waals surface area contributed by atoms with Crippen LogP contribution in [0.2, 0.25) is 0 Å². The van der Waals surface area contributed by atoms with Gasteiger partial charge in [0.1, 0.15) is 6.29 Å². The molecule has 0 aliphatic heterocycles. The van der Waals surface area contributed by atoms with Gasteiger partial charge in [-0.25, -0.2) is 0 Å². The van der Waals surface area contributed by atoms with Gasteiger partial charge in [0.2, 0.25) is 0 Å². The predicted molar refractivity (Wildman–Crippen MR) is 89.2 cm³/mol. The molecule has 8 atom stereocenters. The molecule has 24 heavy (non-hydrogen) atoms. The van der Waals surface area contributed by atoms with E-state index < -0.39 is 17.5 Å². The monoisotopic (exact) mass is 332 g/mol. The van der Waals surface area contributed by atoms with Gasteiger partial charge >= 0.3 is 5.97 Å². The van der Waals surface area contributed by atoms with Crippen LogP contribution in [0.3, 0.4) is 0 Å². The van der Waals surface area contributed by atoms with Crippen LogP contribution in [-0.4, -0.2) is 28.6 Å². The van der Waals surface area contributed by atoms with Crippen LogP contribution in [0.1, 0.15) is 52.4 Å². The minimum Gasteiger partial charge on any atom is -0.481 e. The summed E-state index contributed by atoms with van der Waals surface area (Å²) in [7, 11) is 0. The lowest BCUT2D eigenvalue weighted by atomic mass is 9.52. The topological polar surface area (TPSA) is 74.6 Å². The van der Waals surface area contributed by atoms with Crippen molar-refractivity contribution in [3.05, 3.63) is 12.2 Å². The molecule has 2 N–H and O–H groups in total. The van der Waals surface area contributed by atoms with Crippen molar-refractivity contribution in [1.29, 1.82) is 0 Å². The molecule has 2 bridgehead atoms. The number of hydrogen-bond donors (Lipinski definition) is 2. The van der Waals surface area contributed by atoms with Crippen LogP contribution in [0.25, 0.3) is 0 Å². The minimum atomic E-state index is -1.25. The number of carboxylic acid groups (broad SMARTS) is 1. The molecule has 0 aromatic rings. The Morgan fingerprint density at radius 3 is 2.62 bits per heavy atom. The van der Waals surface area contributed by atoms with Gasteiger partial charge < -0.3 is 15.0 Å². The summed E-state index contributed by atoms with van der Waals surface area (Å²) in [5.74, 6) is -0.675. The van der Waals surface area contributed by atoms with Crippen molar-refractivity contribution in [2.24, 2.45) is 39.9 Å². The maximum atomic E-state index is 12.3. The average Bonchev–Trinajstić information content (AvgIpc) is 2.91. The Morgan fingerprint density at radius 2 is 2.00 bits per heavy atom. The second-order valence-corrected chi connectivity index (χ2v) is 9.39. The van der Waals surface area contributed by atoms with Gasteiger partial charge in [-0.05, 0) is 74.0 Å². The molecule has 4 fully saturated rings. The zero-order valence-electron chi connectivity index (χ0n) is 14.6. The largest absolute Gasteiger partial charge is 0.481 e. The standard InChI is InChI=1S/C20H28O4/c1-11-8-20-9-12(11)4-5-14(20)18(2)7-6-15(22)19(3,17(23)24)16(18)13(20)10-21/h10,12-16,22H,1,4-9H2,2-3H3,(H,23,24)/t12-,13+,14+,15+,16+,18+,19-,20-/m1/s1. The van der Waals surface area contributed by atoms with E-state index in [-0.39, 0.29) is 22.7 Å². The molecule has 0 radical (unpaired) electrons. The van der Waals surface area contributed by atoms with Crippen LogP contribution >= 0.6 is 0 Å². The molecule has 0 unspecified atom stereocenters. The van der Waals surface area contributed by atoms with Gasteiger partial charge in [0.25, 0.3) is 0 Å². The maximum absolute atomic E-state index is 12.3. The van der Waals surface area contributed by atoms with Crippen molar-refractivity contribution in [3.8, 4) is 0 Å². The van der Waals surface area contributed by atoms with E-state index in [4.69, 9.17) is 0 Å². The Morgan fingerprint density at radius 1 is 1.29 bits per heavy atom. The molecule has 0 saturated heterocycles. The quantitative estimate of drug-likeness (QED) is 0.602. The van der Waals surface area contributed by atoms with Gasteiger partial charge in [0.05, 0.1) is 11.5 Å². The van der Waals surface area contributed by atoms with E-state index >= 15 is 0 Å². The summed E-state index contributed by atoms with van der Waals surface area (Å²) in [6.07, 6.45) is 5.50. The van der Waals surface area contributed by atoms with Crippen molar-refractivity contribution in [1.82, 2.24) is 0 Å². The average molecular weight is 332 g/mol. The number of allylic oxidation sites excluding steroid dienone is 1. The number of rotatable bonds is 2. The van der Waals surface area contributed by atoms with Crippen molar-refractivity contribution < 1.29 is 19.8 Å². The van der Waals surface area contributed by atoms with E-state index in [0.717, 1.165) is 38.4 Å². The number of carboxylic acids is 1. The third kappa shape index (κ3) is 1.59. The Labute approximate surface area is 143 Å². The molecule has 4 heteroatoms. The lowest BCUT2D eigenvalue weighted by Crippen LogP contribution is -2.56. The summed E-state index contributed by atoms with van der Waals surface area (Å²) in [6.45, 7) is 8.14. The molecule has 4 nitrogen and oxygen atoms in total. The fourth-order valence-corrected chi connectivity index (χ4v) is 7.73. The fraction of sp³-hybridized carbons (Fsp3) is 0.800. The third-order valence-electron chi connectivity index (χ3n) is 8.69. The molecule has 4 aliphatic carbocycles. The second-order valence-electron chi connectivity index (χ2n) is 9.39. The molecular formula is C20H28O4. The summed E-state index contributed by atoms with van der Waals surface area (Å²) in [5, 5.41) is 20.6. The molecule has 4 saturated carbocycles. The van der Waals surface area contributed by atoms with Crippen LogP contribution in [0.5, 0.6) is 0 Å². The number of hydrogen-bond acceptors (Lipinski definition) is 3. The normalized spacial score (nSPS) is 55.8. The highest BCUT2D eigenvalue weighted by atomic mass is 16.4. The van der Waals surface area contributed by atoms with Crippen molar-refractivity contribution in [2.75, 3.05) is 0 Å². The van der Waals surface area contributed by atoms with Gasteiger partial charge in [-0.2, -0.15) is 0 Å². The summed E-state index contributed by atoms with van der Waals surface area (Å²) in [6, 6.07) is 0. The Hall–Kier alpha value is -1.16. The van der Waals surface area contributed by atoms with Gasteiger partial charge in [-0.1, -0.05) is 19.1 Å². The lowest BCUT2D eigenvalue weighted by molar-refractivity contribution is -0.178. The predicted octanol–water partition coefficient (Wildman–Crippen LogP) is 3.05. The first-order valence-corrected chi connectivity index (χ1v) is 9.26. The Balaban J connectivity index is 1.91. The first-order valence-electron chi connectivity index (χ1n) is 9.26. The zero-order chi connectivity index (χ0) is 17.5. The number of aliphatic carboxylic acids is 1. The highest BCUT2D eigenvalue weighted by molar-refractivity contribution is 5.77. The molecule has 0 amide bonds. The molecule has 132 valence electrons. The number of aliphatic hydroxyl groups is 1.